The molecule has 126 valence electrons. The molecule has 0 bridgehead atoms. The van der Waals surface area contributed by atoms with Gasteiger partial charge in [-0.05, 0) is 55.1 Å². The van der Waals surface area contributed by atoms with E-state index >= 15 is 0 Å². The minimum Gasteiger partial charge on any atom is -0.381 e. The van der Waals surface area contributed by atoms with Gasteiger partial charge in [-0.1, -0.05) is 39.7 Å². The van der Waals surface area contributed by atoms with Crippen molar-refractivity contribution in [1.82, 2.24) is 4.90 Å². The molecule has 2 aliphatic heterocycles. The second-order valence-corrected chi connectivity index (χ2v) is 8.87. The van der Waals surface area contributed by atoms with E-state index in [9.17, 15) is 0 Å². The van der Waals surface area contributed by atoms with Crippen molar-refractivity contribution in [2.45, 2.75) is 59.3 Å². The first-order valence-electron chi connectivity index (χ1n) is 9.43. The van der Waals surface area contributed by atoms with Gasteiger partial charge in [0.25, 0.3) is 0 Å². The maximum absolute atomic E-state index is 5.63. The Labute approximate surface area is 137 Å². The highest BCUT2D eigenvalue weighted by molar-refractivity contribution is 5.04. The molecule has 0 aromatic carbocycles. The Kier molecular flexibility index (Phi) is 4.60. The molecule has 1 spiro atoms. The van der Waals surface area contributed by atoms with Crippen LogP contribution in [0.25, 0.3) is 0 Å². The molecular formula is C20H35NO. The van der Waals surface area contributed by atoms with Crippen LogP contribution in [-0.4, -0.2) is 31.7 Å². The highest BCUT2D eigenvalue weighted by Crippen LogP contribution is 2.52. The lowest BCUT2D eigenvalue weighted by atomic mass is 9.58. The van der Waals surface area contributed by atoms with Gasteiger partial charge < -0.3 is 9.64 Å². The molecule has 0 aromatic rings. The zero-order valence-corrected chi connectivity index (χ0v) is 15.1. The lowest BCUT2D eigenvalue weighted by Crippen LogP contribution is -2.52. The lowest BCUT2D eigenvalue weighted by molar-refractivity contribution is -0.174. The summed E-state index contributed by atoms with van der Waals surface area (Å²) in [6.45, 7) is 10.8. The van der Waals surface area contributed by atoms with Crippen LogP contribution in [0.15, 0.2) is 12.3 Å². The fourth-order valence-corrected chi connectivity index (χ4v) is 5.22. The second kappa shape index (κ2) is 6.19. The fraction of sp³-hybridized carbons (Fsp3) is 0.900. The van der Waals surface area contributed by atoms with Gasteiger partial charge in [0.2, 0.25) is 0 Å². The van der Waals surface area contributed by atoms with Crippen LogP contribution in [-0.2, 0) is 4.74 Å². The maximum Gasteiger partial charge on any atom is 0.0547 e. The third-order valence-electron chi connectivity index (χ3n) is 7.26. The summed E-state index contributed by atoms with van der Waals surface area (Å²) in [6.07, 6.45) is 13.2. The van der Waals surface area contributed by atoms with Gasteiger partial charge in [-0.2, -0.15) is 0 Å². The Morgan fingerprint density at radius 3 is 2.59 bits per heavy atom. The Balaban J connectivity index is 1.63. The third-order valence-corrected chi connectivity index (χ3v) is 7.26. The molecular weight excluding hydrogens is 270 g/mol. The highest BCUT2D eigenvalue weighted by Gasteiger charge is 2.49. The van der Waals surface area contributed by atoms with Gasteiger partial charge in [0.1, 0.15) is 0 Å². The topological polar surface area (TPSA) is 12.5 Å². The summed E-state index contributed by atoms with van der Waals surface area (Å²) in [5, 5.41) is 0. The van der Waals surface area contributed by atoms with Gasteiger partial charge in [-0.3, -0.25) is 0 Å². The predicted molar refractivity (Wildman–Crippen MR) is 92.6 cm³/mol. The van der Waals surface area contributed by atoms with Crippen LogP contribution >= 0.6 is 0 Å². The molecule has 22 heavy (non-hydrogen) atoms. The van der Waals surface area contributed by atoms with E-state index in [0.29, 0.717) is 10.8 Å². The van der Waals surface area contributed by atoms with Crippen LogP contribution in [0.2, 0.25) is 0 Å². The number of rotatable bonds is 4. The molecule has 0 amide bonds. The highest BCUT2D eigenvalue weighted by atomic mass is 16.5. The number of hydrogen-bond donors (Lipinski definition) is 0. The summed E-state index contributed by atoms with van der Waals surface area (Å²) in [5.41, 5.74) is 0.944. The van der Waals surface area contributed by atoms with E-state index < -0.39 is 0 Å². The van der Waals surface area contributed by atoms with Crippen LogP contribution in [0.5, 0.6) is 0 Å². The van der Waals surface area contributed by atoms with Crippen molar-refractivity contribution < 1.29 is 4.74 Å². The SMILES string of the molecule is CC(CC(C)C1(C)C=CN(C)CC1)C1CCCCC12COC2. The Hall–Kier alpha value is -0.500. The molecule has 0 N–H and O–H groups in total. The number of hydrogen-bond acceptors (Lipinski definition) is 2. The van der Waals surface area contributed by atoms with Gasteiger partial charge in [0.15, 0.2) is 0 Å². The van der Waals surface area contributed by atoms with E-state index in [2.05, 4.69) is 45.0 Å². The quantitative estimate of drug-likeness (QED) is 0.745. The molecule has 2 heterocycles. The molecule has 0 radical (unpaired) electrons. The van der Waals surface area contributed by atoms with Crippen LogP contribution < -0.4 is 0 Å². The predicted octanol–water partition coefficient (Wildman–Crippen LogP) is 4.71. The van der Waals surface area contributed by atoms with E-state index in [1.807, 2.05) is 0 Å². The van der Waals surface area contributed by atoms with Gasteiger partial charge in [-0.25, -0.2) is 0 Å². The van der Waals surface area contributed by atoms with Gasteiger partial charge in [0.05, 0.1) is 13.2 Å². The van der Waals surface area contributed by atoms with Gasteiger partial charge in [-0.15, -0.1) is 0 Å². The molecule has 2 heteroatoms. The summed E-state index contributed by atoms with van der Waals surface area (Å²) in [6, 6.07) is 0. The minimum atomic E-state index is 0.388. The van der Waals surface area contributed by atoms with E-state index in [1.165, 1.54) is 45.1 Å². The molecule has 1 aliphatic carbocycles. The first-order valence-corrected chi connectivity index (χ1v) is 9.43. The summed E-state index contributed by atoms with van der Waals surface area (Å²) < 4.78 is 5.63. The van der Waals surface area contributed by atoms with Crippen molar-refractivity contribution in [1.29, 1.82) is 0 Å². The van der Waals surface area contributed by atoms with Crippen LogP contribution in [0.1, 0.15) is 59.3 Å². The zero-order valence-electron chi connectivity index (χ0n) is 15.1. The molecule has 3 rings (SSSR count). The molecule has 4 atom stereocenters. The first-order chi connectivity index (χ1) is 10.5. The Morgan fingerprint density at radius 2 is 2.00 bits per heavy atom. The van der Waals surface area contributed by atoms with Crippen molar-refractivity contribution in [2.24, 2.45) is 28.6 Å². The summed E-state index contributed by atoms with van der Waals surface area (Å²) >= 11 is 0. The zero-order chi connectivity index (χ0) is 15.8. The standard InChI is InChI=1S/C20H35NO/c1-16(18-7-5-6-8-20(18)14-22-15-20)13-17(2)19(3)9-11-21(4)12-10-19/h9,11,16-18H,5-8,10,12-15H2,1-4H3. The van der Waals surface area contributed by atoms with Crippen molar-refractivity contribution in [3.63, 3.8) is 0 Å². The van der Waals surface area contributed by atoms with Crippen molar-refractivity contribution in [2.75, 3.05) is 26.8 Å². The Bertz CT molecular complexity index is 414. The number of allylic oxidation sites excluding steroid dienone is 1. The molecule has 4 unspecified atom stereocenters. The average Bonchev–Trinajstić information content (AvgIpc) is 2.48. The normalized spacial score (nSPS) is 36.9. The molecule has 2 fully saturated rings. The second-order valence-electron chi connectivity index (χ2n) is 8.87. The largest absolute Gasteiger partial charge is 0.381 e. The molecule has 3 aliphatic rings. The molecule has 1 saturated carbocycles. The monoisotopic (exact) mass is 305 g/mol. The van der Waals surface area contributed by atoms with Crippen molar-refractivity contribution >= 4 is 0 Å². The van der Waals surface area contributed by atoms with Crippen LogP contribution in [0.4, 0.5) is 0 Å². The first kappa shape index (κ1) is 16.4. The summed E-state index contributed by atoms with van der Waals surface area (Å²) in [4.78, 5) is 2.32. The van der Waals surface area contributed by atoms with E-state index in [-0.39, 0.29) is 0 Å². The lowest BCUT2D eigenvalue weighted by Gasteiger charge is -2.53. The minimum absolute atomic E-state index is 0.388. The molecule has 0 aromatic heterocycles. The van der Waals surface area contributed by atoms with Crippen LogP contribution in [0, 0.1) is 28.6 Å². The van der Waals surface area contributed by atoms with Gasteiger partial charge in [0, 0.05) is 19.0 Å². The summed E-state index contributed by atoms with van der Waals surface area (Å²) in [5.74, 6) is 2.51. The van der Waals surface area contributed by atoms with Gasteiger partial charge >= 0.3 is 0 Å². The number of ether oxygens (including phenoxy) is 1. The third kappa shape index (κ3) is 2.96. The van der Waals surface area contributed by atoms with Crippen molar-refractivity contribution in [3.05, 3.63) is 12.3 Å². The maximum atomic E-state index is 5.63. The molecule has 1 saturated heterocycles. The summed E-state index contributed by atoms with van der Waals surface area (Å²) in [7, 11) is 2.19. The molecule has 2 nitrogen and oxygen atoms in total. The number of nitrogens with zero attached hydrogens (tertiary/aromatic N) is 1. The fourth-order valence-electron chi connectivity index (χ4n) is 5.22. The smallest absolute Gasteiger partial charge is 0.0547 e. The van der Waals surface area contributed by atoms with E-state index in [0.717, 1.165) is 31.0 Å². The Morgan fingerprint density at radius 1 is 1.23 bits per heavy atom. The van der Waals surface area contributed by atoms with E-state index in [4.69, 9.17) is 4.74 Å². The van der Waals surface area contributed by atoms with Crippen molar-refractivity contribution in [3.8, 4) is 0 Å². The van der Waals surface area contributed by atoms with Crippen LogP contribution in [0.3, 0.4) is 0 Å². The van der Waals surface area contributed by atoms with E-state index in [1.54, 1.807) is 0 Å². The average molecular weight is 306 g/mol.